The number of nitrogens with zero attached hydrogens (tertiary/aromatic N) is 1. The quantitative estimate of drug-likeness (QED) is 0.762. The largest absolute Gasteiger partial charge is 0.435 e. The molecule has 0 radical (unpaired) electrons. The summed E-state index contributed by atoms with van der Waals surface area (Å²) in [5, 5.41) is 2.61. The van der Waals surface area contributed by atoms with Gasteiger partial charge in [-0.15, -0.1) is 0 Å². The first-order valence-corrected chi connectivity index (χ1v) is 10.7. The Balaban J connectivity index is 1.70. The molecule has 1 N–H and O–H groups in total. The van der Waals surface area contributed by atoms with Crippen molar-refractivity contribution in [3.8, 4) is 5.75 Å². The van der Waals surface area contributed by atoms with Gasteiger partial charge in [-0.25, -0.2) is 8.42 Å². The van der Waals surface area contributed by atoms with Gasteiger partial charge in [0.15, 0.2) is 0 Å². The number of carbonyl (C=O) groups is 1. The number of hydrogen-bond donors (Lipinski definition) is 1. The van der Waals surface area contributed by atoms with E-state index in [9.17, 15) is 22.0 Å². The molecule has 0 spiro atoms. The van der Waals surface area contributed by atoms with Crippen molar-refractivity contribution in [3.63, 3.8) is 0 Å². The number of hydrogen-bond acceptors (Lipinski definition) is 4. The van der Waals surface area contributed by atoms with Gasteiger partial charge in [0, 0.05) is 24.3 Å². The number of sulfonamides is 1. The summed E-state index contributed by atoms with van der Waals surface area (Å²) < 4.78 is 56.0. The Morgan fingerprint density at radius 1 is 1.21 bits per heavy atom. The molecule has 0 saturated carbocycles. The fraction of sp³-hybridized carbons (Fsp3) is 0.350. The van der Waals surface area contributed by atoms with E-state index in [1.165, 1.54) is 52.8 Å². The minimum Gasteiger partial charge on any atom is -0.435 e. The average Bonchev–Trinajstić information content (AvgIpc) is 2.68. The van der Waals surface area contributed by atoms with E-state index in [2.05, 4.69) is 10.1 Å². The van der Waals surface area contributed by atoms with Crippen LogP contribution in [-0.4, -0.2) is 38.3 Å². The standard InChI is InChI=1S/C20H22F2N2O4S/c1-14-4-3-11-24(13-14)29(26,27)18-9-7-16(8-10-18)23-19(25)15-5-2-6-17(12-15)28-20(21)22/h2,5-10,12,14,20H,3-4,11,13H2,1H3,(H,23,25). The van der Waals surface area contributed by atoms with Gasteiger partial charge in [-0.05, 0) is 61.2 Å². The lowest BCUT2D eigenvalue weighted by Gasteiger charge is -2.30. The highest BCUT2D eigenvalue weighted by Gasteiger charge is 2.28. The second-order valence-electron chi connectivity index (χ2n) is 7.00. The molecule has 0 aromatic heterocycles. The van der Waals surface area contributed by atoms with Crippen molar-refractivity contribution in [1.29, 1.82) is 0 Å². The van der Waals surface area contributed by atoms with Crippen molar-refractivity contribution in [2.24, 2.45) is 5.92 Å². The molecular weight excluding hydrogens is 402 g/mol. The van der Waals surface area contributed by atoms with Crippen molar-refractivity contribution < 1.29 is 26.7 Å². The fourth-order valence-electron chi connectivity index (χ4n) is 3.24. The monoisotopic (exact) mass is 424 g/mol. The van der Waals surface area contributed by atoms with Crippen molar-refractivity contribution in [1.82, 2.24) is 4.31 Å². The highest BCUT2D eigenvalue weighted by Crippen LogP contribution is 2.24. The topological polar surface area (TPSA) is 75.7 Å². The summed E-state index contributed by atoms with van der Waals surface area (Å²) in [6.45, 7) is 0.0486. The molecular formula is C20H22F2N2O4S. The molecule has 2 aromatic carbocycles. The first kappa shape index (κ1) is 21.2. The van der Waals surface area contributed by atoms with Gasteiger partial charge in [0.05, 0.1) is 4.90 Å². The minimum absolute atomic E-state index is 0.121. The number of rotatable bonds is 6. The first-order chi connectivity index (χ1) is 13.8. The third kappa shape index (κ3) is 5.30. The summed E-state index contributed by atoms with van der Waals surface area (Å²) in [6, 6.07) is 11.3. The Labute approximate surface area is 168 Å². The lowest BCUT2D eigenvalue weighted by atomic mass is 10.0. The van der Waals surface area contributed by atoms with E-state index in [1.807, 2.05) is 6.92 Å². The van der Waals surface area contributed by atoms with E-state index in [0.717, 1.165) is 12.8 Å². The third-order valence-electron chi connectivity index (χ3n) is 4.69. The molecule has 0 bridgehead atoms. The maximum atomic E-state index is 12.8. The van der Waals surface area contributed by atoms with Gasteiger partial charge < -0.3 is 10.1 Å². The summed E-state index contributed by atoms with van der Waals surface area (Å²) in [7, 11) is -3.58. The Hall–Kier alpha value is -2.52. The number of nitrogens with one attached hydrogen (secondary N) is 1. The van der Waals surface area contributed by atoms with Crippen LogP contribution in [0.1, 0.15) is 30.1 Å². The van der Waals surface area contributed by atoms with Gasteiger partial charge in [-0.1, -0.05) is 13.0 Å². The smallest absolute Gasteiger partial charge is 0.387 e. The predicted octanol–water partition coefficient (Wildman–Crippen LogP) is 3.96. The molecule has 1 heterocycles. The second-order valence-corrected chi connectivity index (χ2v) is 8.93. The summed E-state index contributed by atoms with van der Waals surface area (Å²) >= 11 is 0. The number of alkyl halides is 2. The van der Waals surface area contributed by atoms with Gasteiger partial charge in [0.2, 0.25) is 10.0 Å². The summed E-state index contributed by atoms with van der Waals surface area (Å²) in [6.07, 6.45) is 1.85. The van der Waals surface area contributed by atoms with E-state index in [4.69, 9.17) is 0 Å². The van der Waals surface area contributed by atoms with Gasteiger partial charge in [-0.3, -0.25) is 4.79 Å². The van der Waals surface area contributed by atoms with Crippen LogP contribution in [-0.2, 0) is 10.0 Å². The first-order valence-electron chi connectivity index (χ1n) is 9.22. The van der Waals surface area contributed by atoms with Crippen LogP contribution in [0.5, 0.6) is 5.75 Å². The molecule has 29 heavy (non-hydrogen) atoms. The van der Waals surface area contributed by atoms with E-state index in [-0.39, 0.29) is 16.2 Å². The molecule has 2 aromatic rings. The number of piperidine rings is 1. The molecule has 1 unspecified atom stereocenters. The van der Waals surface area contributed by atoms with Gasteiger partial charge in [-0.2, -0.15) is 13.1 Å². The molecule has 156 valence electrons. The van der Waals surface area contributed by atoms with E-state index in [1.54, 1.807) is 0 Å². The van der Waals surface area contributed by atoms with E-state index >= 15 is 0 Å². The van der Waals surface area contributed by atoms with Crippen molar-refractivity contribution in [3.05, 3.63) is 54.1 Å². The summed E-state index contributed by atoms with van der Waals surface area (Å²) in [5.74, 6) is -0.322. The summed E-state index contributed by atoms with van der Waals surface area (Å²) in [4.78, 5) is 12.5. The third-order valence-corrected chi connectivity index (χ3v) is 6.57. The number of carbonyl (C=O) groups excluding carboxylic acids is 1. The Bertz CT molecular complexity index is 965. The Morgan fingerprint density at radius 3 is 2.59 bits per heavy atom. The number of amides is 1. The zero-order chi connectivity index (χ0) is 21.0. The Morgan fingerprint density at radius 2 is 1.93 bits per heavy atom. The fourth-order valence-corrected chi connectivity index (χ4v) is 4.84. The lowest BCUT2D eigenvalue weighted by Crippen LogP contribution is -2.39. The number of halogens is 2. The van der Waals surface area contributed by atoms with Crippen molar-refractivity contribution in [2.75, 3.05) is 18.4 Å². The molecule has 6 nitrogen and oxygen atoms in total. The van der Waals surface area contributed by atoms with Gasteiger partial charge in [0.1, 0.15) is 5.75 Å². The molecule has 1 atom stereocenters. The van der Waals surface area contributed by atoms with Crippen LogP contribution in [0.25, 0.3) is 0 Å². The van der Waals surface area contributed by atoms with Crippen LogP contribution in [0.4, 0.5) is 14.5 Å². The van der Waals surface area contributed by atoms with Gasteiger partial charge in [0.25, 0.3) is 5.91 Å². The van der Waals surface area contributed by atoms with Crippen LogP contribution in [0.3, 0.4) is 0 Å². The van der Waals surface area contributed by atoms with Crippen molar-refractivity contribution >= 4 is 21.6 Å². The maximum Gasteiger partial charge on any atom is 0.387 e. The van der Waals surface area contributed by atoms with Crippen molar-refractivity contribution in [2.45, 2.75) is 31.3 Å². The van der Waals surface area contributed by atoms with Crippen LogP contribution in [0.15, 0.2) is 53.4 Å². The number of ether oxygens (including phenoxy) is 1. The SMILES string of the molecule is CC1CCCN(S(=O)(=O)c2ccc(NC(=O)c3cccc(OC(F)F)c3)cc2)C1. The molecule has 3 rings (SSSR count). The zero-order valence-corrected chi connectivity index (χ0v) is 16.7. The Kier molecular flexibility index (Phi) is 6.49. The van der Waals surface area contributed by atoms with Crippen LogP contribution in [0.2, 0.25) is 0 Å². The molecule has 1 fully saturated rings. The predicted molar refractivity (Wildman–Crippen MR) is 105 cm³/mol. The van der Waals surface area contributed by atoms with Crippen LogP contribution in [0, 0.1) is 5.92 Å². The molecule has 1 saturated heterocycles. The molecule has 1 amide bonds. The highest BCUT2D eigenvalue weighted by atomic mass is 32.2. The molecule has 9 heteroatoms. The molecule has 1 aliphatic heterocycles. The number of benzene rings is 2. The average molecular weight is 424 g/mol. The van der Waals surface area contributed by atoms with E-state index < -0.39 is 22.5 Å². The van der Waals surface area contributed by atoms with Crippen LogP contribution < -0.4 is 10.1 Å². The number of anilines is 1. The van der Waals surface area contributed by atoms with E-state index in [0.29, 0.717) is 24.7 Å². The van der Waals surface area contributed by atoms with Gasteiger partial charge >= 0.3 is 6.61 Å². The van der Waals surface area contributed by atoms with Crippen LogP contribution >= 0.6 is 0 Å². The zero-order valence-electron chi connectivity index (χ0n) is 15.8. The maximum absolute atomic E-state index is 12.8. The second kappa shape index (κ2) is 8.87. The highest BCUT2D eigenvalue weighted by molar-refractivity contribution is 7.89. The minimum atomic E-state index is -3.58. The summed E-state index contributed by atoms with van der Waals surface area (Å²) in [5.41, 5.74) is 0.531. The normalized spacial score (nSPS) is 17.9. The lowest BCUT2D eigenvalue weighted by molar-refractivity contribution is -0.0498. The molecule has 0 aliphatic carbocycles. The molecule has 1 aliphatic rings.